The molecular weight excluding hydrogens is 156 g/mol. The van der Waals surface area contributed by atoms with E-state index in [4.69, 9.17) is 0 Å². The van der Waals surface area contributed by atoms with Crippen LogP contribution in [-0.4, -0.2) is 0 Å². The maximum absolute atomic E-state index is 3.58. The van der Waals surface area contributed by atoms with Gasteiger partial charge in [0.15, 0.2) is 0 Å². The zero-order chi connectivity index (χ0) is 10.7. The minimum Gasteiger partial charge on any atom is -0.0990 e. The highest BCUT2D eigenvalue weighted by atomic mass is 13.9. The summed E-state index contributed by atoms with van der Waals surface area (Å²) in [7, 11) is 0. The molecule has 74 valence electrons. The van der Waals surface area contributed by atoms with E-state index in [0.717, 1.165) is 5.57 Å². The van der Waals surface area contributed by atoms with Crippen molar-refractivity contribution < 1.29 is 0 Å². The molecule has 0 unspecified atom stereocenters. The van der Waals surface area contributed by atoms with Crippen LogP contribution in [0.15, 0.2) is 24.3 Å². The monoisotopic (exact) mass is 178 g/mol. The first-order valence-electron chi connectivity index (χ1n) is 4.89. The lowest BCUT2D eigenvalue weighted by molar-refractivity contribution is 0.866. The van der Waals surface area contributed by atoms with Gasteiger partial charge in [-0.05, 0) is 12.5 Å². The second kappa shape index (κ2) is 11.0. The predicted molar refractivity (Wildman–Crippen MR) is 62.5 cm³/mol. The van der Waals surface area contributed by atoms with Crippen LogP contribution in [0.3, 0.4) is 0 Å². The van der Waals surface area contributed by atoms with Crippen LogP contribution in [-0.2, 0) is 0 Å². The molecule has 0 nitrogen and oxygen atoms in total. The molecule has 0 aliphatic heterocycles. The van der Waals surface area contributed by atoms with Crippen molar-refractivity contribution in [3.63, 3.8) is 0 Å². The topological polar surface area (TPSA) is 0 Å². The van der Waals surface area contributed by atoms with Crippen LogP contribution in [0.4, 0.5) is 0 Å². The van der Waals surface area contributed by atoms with E-state index in [-0.39, 0.29) is 0 Å². The molecule has 0 atom stereocenters. The van der Waals surface area contributed by atoms with Crippen LogP contribution < -0.4 is 0 Å². The molecule has 0 aliphatic rings. The molecule has 0 aromatic heterocycles. The maximum Gasteiger partial charge on any atom is 0.0149 e. The third kappa shape index (κ3) is 18.2. The van der Waals surface area contributed by atoms with Crippen molar-refractivity contribution in [1.29, 1.82) is 0 Å². The molecule has 13 heavy (non-hydrogen) atoms. The van der Waals surface area contributed by atoms with Gasteiger partial charge in [0, 0.05) is 5.92 Å². The Morgan fingerprint density at radius 3 is 2.15 bits per heavy atom. The van der Waals surface area contributed by atoms with Crippen molar-refractivity contribution in [1.82, 2.24) is 0 Å². The summed E-state index contributed by atoms with van der Waals surface area (Å²) in [6.45, 7) is 14.0. The lowest BCUT2D eigenvalue weighted by Crippen LogP contribution is -1.77. The number of allylic oxidation sites excluding steroid dienone is 3. The molecule has 0 heteroatoms. The van der Waals surface area contributed by atoms with E-state index in [9.17, 15) is 0 Å². The van der Waals surface area contributed by atoms with Gasteiger partial charge in [-0.25, -0.2) is 0 Å². The largest absolute Gasteiger partial charge is 0.0990 e. The third-order valence-corrected chi connectivity index (χ3v) is 0.926. The summed E-state index contributed by atoms with van der Waals surface area (Å²) in [5, 5.41) is 0. The summed E-state index contributed by atoms with van der Waals surface area (Å²) >= 11 is 0. The van der Waals surface area contributed by atoms with Crippen molar-refractivity contribution >= 4 is 0 Å². The first-order chi connectivity index (χ1) is 6.08. The van der Waals surface area contributed by atoms with Gasteiger partial charge in [0.2, 0.25) is 0 Å². The zero-order valence-electron chi connectivity index (χ0n) is 9.65. The minimum absolute atomic E-state index is 0.452. The molecule has 0 heterocycles. The van der Waals surface area contributed by atoms with Gasteiger partial charge in [0.25, 0.3) is 0 Å². The Bertz CT molecular complexity index is 196. The molecule has 0 bridgehead atoms. The Hall–Kier alpha value is -0.960. The van der Waals surface area contributed by atoms with E-state index < -0.39 is 0 Å². The average molecular weight is 178 g/mol. The molecule has 0 saturated carbocycles. The Labute approximate surface area is 83.7 Å². The van der Waals surface area contributed by atoms with Crippen molar-refractivity contribution in [3.8, 4) is 11.8 Å². The molecule has 0 aromatic rings. The second-order valence-corrected chi connectivity index (χ2v) is 3.22. The van der Waals surface area contributed by atoms with Crippen molar-refractivity contribution in [2.24, 2.45) is 5.92 Å². The van der Waals surface area contributed by atoms with Crippen LogP contribution in [0.1, 0.15) is 41.0 Å². The van der Waals surface area contributed by atoms with Crippen LogP contribution in [0.5, 0.6) is 0 Å². The number of hydrogen-bond acceptors (Lipinski definition) is 0. The molecule has 0 aromatic carbocycles. The second-order valence-electron chi connectivity index (χ2n) is 3.22. The fraction of sp³-hybridized carbons (Fsp3) is 0.538. The third-order valence-electron chi connectivity index (χ3n) is 0.926. The molecule has 0 saturated heterocycles. The zero-order valence-corrected chi connectivity index (χ0v) is 9.65. The van der Waals surface area contributed by atoms with Gasteiger partial charge < -0.3 is 0 Å². The molecule has 0 rings (SSSR count). The van der Waals surface area contributed by atoms with Gasteiger partial charge in [-0.3, -0.25) is 0 Å². The highest BCUT2D eigenvalue weighted by Gasteiger charge is 1.81. The fourth-order valence-electron chi connectivity index (χ4n) is 0.477. The van der Waals surface area contributed by atoms with Gasteiger partial charge in [-0.1, -0.05) is 64.7 Å². The lowest BCUT2D eigenvalue weighted by Gasteiger charge is -1.87. The molecular formula is C13H22. The molecule has 0 aliphatic carbocycles. The first-order valence-corrected chi connectivity index (χ1v) is 4.89. The van der Waals surface area contributed by atoms with Gasteiger partial charge in [-0.2, -0.15) is 0 Å². The molecule has 0 spiro atoms. The van der Waals surface area contributed by atoms with E-state index in [1.807, 2.05) is 13.0 Å². The highest BCUT2D eigenvalue weighted by molar-refractivity contribution is 5.29. The summed E-state index contributed by atoms with van der Waals surface area (Å²) in [5.74, 6) is 6.54. The van der Waals surface area contributed by atoms with Gasteiger partial charge in [0.05, 0.1) is 0 Å². The Morgan fingerprint density at radius 2 is 1.85 bits per heavy atom. The Kier molecular flexibility index (Phi) is 12.4. The number of hydrogen-bond donors (Lipinski definition) is 0. The van der Waals surface area contributed by atoms with E-state index in [2.05, 4.69) is 46.1 Å². The van der Waals surface area contributed by atoms with Crippen LogP contribution in [0.2, 0.25) is 0 Å². The van der Waals surface area contributed by atoms with E-state index in [1.54, 1.807) is 6.08 Å². The summed E-state index contributed by atoms with van der Waals surface area (Å²) in [6.07, 6.45) is 4.92. The fourth-order valence-corrected chi connectivity index (χ4v) is 0.477. The van der Waals surface area contributed by atoms with Gasteiger partial charge in [-0.15, -0.1) is 0 Å². The van der Waals surface area contributed by atoms with E-state index in [1.165, 1.54) is 6.42 Å². The van der Waals surface area contributed by atoms with Gasteiger partial charge in [0.1, 0.15) is 0 Å². The van der Waals surface area contributed by atoms with E-state index in [0.29, 0.717) is 5.92 Å². The lowest BCUT2D eigenvalue weighted by atomic mass is 10.2. The Morgan fingerprint density at radius 1 is 1.38 bits per heavy atom. The quantitative estimate of drug-likeness (QED) is 0.417. The van der Waals surface area contributed by atoms with Crippen LogP contribution in [0.25, 0.3) is 0 Å². The summed E-state index contributed by atoms with van der Waals surface area (Å²) in [5.41, 5.74) is 1.07. The predicted octanol–water partition coefficient (Wildman–Crippen LogP) is 4.19. The molecule has 0 fully saturated rings. The van der Waals surface area contributed by atoms with Crippen LogP contribution in [0, 0.1) is 17.8 Å². The smallest absolute Gasteiger partial charge is 0.0149 e. The summed E-state index contributed by atoms with van der Waals surface area (Å²) in [6, 6.07) is 0. The van der Waals surface area contributed by atoms with Gasteiger partial charge >= 0.3 is 0 Å². The first kappa shape index (κ1) is 14.6. The van der Waals surface area contributed by atoms with Crippen LogP contribution >= 0.6 is 0 Å². The van der Waals surface area contributed by atoms with Crippen molar-refractivity contribution in [3.05, 3.63) is 24.3 Å². The standard InChI is InChI=1S/C10H14.C3H8/c1-5-6-10(4)8-7-9(2)3;1-3-2/h5-6,9H,1H2,2-4H3;3H2,1-2H3/b10-6+;. The molecule has 0 radical (unpaired) electrons. The number of rotatable bonds is 1. The Balaban J connectivity index is 0. The average Bonchev–Trinajstić information content (AvgIpc) is 2.03. The van der Waals surface area contributed by atoms with E-state index >= 15 is 0 Å². The molecule has 0 N–H and O–H groups in total. The highest BCUT2D eigenvalue weighted by Crippen LogP contribution is 1.92. The normalized spacial score (nSPS) is 9.54. The van der Waals surface area contributed by atoms with Crippen molar-refractivity contribution in [2.75, 3.05) is 0 Å². The molecule has 0 amide bonds. The maximum atomic E-state index is 3.58. The summed E-state index contributed by atoms with van der Waals surface area (Å²) in [4.78, 5) is 0. The SMILES string of the molecule is C=C/C=C(\C)C#CC(C)C.CCC. The minimum atomic E-state index is 0.452. The summed E-state index contributed by atoms with van der Waals surface area (Å²) < 4.78 is 0. The van der Waals surface area contributed by atoms with Crippen molar-refractivity contribution in [2.45, 2.75) is 41.0 Å².